The van der Waals surface area contributed by atoms with Gasteiger partial charge in [-0.1, -0.05) is 42.0 Å². The van der Waals surface area contributed by atoms with Crippen LogP contribution in [0.1, 0.15) is 11.1 Å². The van der Waals surface area contributed by atoms with Gasteiger partial charge in [-0.05, 0) is 24.6 Å². The van der Waals surface area contributed by atoms with E-state index in [-0.39, 0.29) is 0 Å². The van der Waals surface area contributed by atoms with E-state index in [1.54, 1.807) is 0 Å². The predicted octanol–water partition coefficient (Wildman–Crippen LogP) is 3.26. The van der Waals surface area contributed by atoms with E-state index in [1.165, 1.54) is 11.1 Å². The molecule has 4 heteroatoms. The summed E-state index contributed by atoms with van der Waals surface area (Å²) in [5.41, 5.74) is 4.63. The average Bonchev–Trinajstić information content (AvgIpc) is 2.64. The molecular formula is C20H22N4. The number of rotatable bonds is 3. The number of anilines is 1. The van der Waals surface area contributed by atoms with Crippen LogP contribution in [0.2, 0.25) is 0 Å². The minimum Gasteiger partial charge on any atom is -0.353 e. The smallest absolute Gasteiger partial charge is 0.147 e. The first-order valence-electron chi connectivity index (χ1n) is 8.52. The molecule has 1 saturated heterocycles. The lowest BCUT2D eigenvalue weighted by Crippen LogP contribution is -2.46. The summed E-state index contributed by atoms with van der Waals surface area (Å²) in [5.74, 6) is 0.990. The average molecular weight is 318 g/mol. The first-order valence-corrected chi connectivity index (χ1v) is 8.52. The summed E-state index contributed by atoms with van der Waals surface area (Å²) in [6.07, 6.45) is 1.90. The highest BCUT2D eigenvalue weighted by atomic mass is 15.3. The van der Waals surface area contributed by atoms with Crippen molar-refractivity contribution in [3.05, 3.63) is 65.9 Å². The first-order chi connectivity index (χ1) is 11.8. The van der Waals surface area contributed by atoms with Gasteiger partial charge in [-0.3, -0.25) is 9.88 Å². The lowest BCUT2D eigenvalue weighted by atomic mass is 10.1. The Hall–Kier alpha value is -2.46. The highest BCUT2D eigenvalue weighted by Crippen LogP contribution is 2.18. The number of aromatic nitrogens is 2. The Balaban J connectivity index is 1.40. The van der Waals surface area contributed by atoms with Gasteiger partial charge in [0.05, 0.1) is 17.2 Å². The third-order valence-electron chi connectivity index (χ3n) is 4.66. The maximum atomic E-state index is 4.76. The van der Waals surface area contributed by atoms with Crippen LogP contribution in [0.15, 0.2) is 54.7 Å². The molecule has 1 aromatic heterocycles. The molecule has 0 bridgehead atoms. The summed E-state index contributed by atoms with van der Waals surface area (Å²) in [7, 11) is 0. The summed E-state index contributed by atoms with van der Waals surface area (Å²) in [6.45, 7) is 7.27. The molecule has 4 rings (SSSR count). The van der Waals surface area contributed by atoms with E-state index in [9.17, 15) is 0 Å². The summed E-state index contributed by atoms with van der Waals surface area (Å²) < 4.78 is 0. The summed E-state index contributed by atoms with van der Waals surface area (Å²) in [5, 5.41) is 0. The molecular weight excluding hydrogens is 296 g/mol. The molecule has 1 aliphatic heterocycles. The number of hydrogen-bond acceptors (Lipinski definition) is 4. The molecule has 1 aliphatic rings. The largest absolute Gasteiger partial charge is 0.353 e. The standard InChI is InChI=1S/C20H22N4/c1-16-6-8-17(9-7-16)15-23-10-12-24(13-11-23)20-14-21-18-4-2-3-5-19(18)22-20/h2-9,14H,10-13,15H2,1H3. The lowest BCUT2D eigenvalue weighted by molar-refractivity contribution is 0.249. The fourth-order valence-corrected chi connectivity index (χ4v) is 3.19. The van der Waals surface area contributed by atoms with Crippen LogP contribution in [0.3, 0.4) is 0 Å². The van der Waals surface area contributed by atoms with E-state index in [0.717, 1.165) is 49.6 Å². The van der Waals surface area contributed by atoms with Crippen LogP contribution in [-0.2, 0) is 6.54 Å². The lowest BCUT2D eigenvalue weighted by Gasteiger charge is -2.35. The van der Waals surface area contributed by atoms with Crippen molar-refractivity contribution in [2.75, 3.05) is 31.1 Å². The van der Waals surface area contributed by atoms with Crippen molar-refractivity contribution >= 4 is 16.9 Å². The van der Waals surface area contributed by atoms with Gasteiger partial charge in [0, 0.05) is 32.7 Å². The zero-order valence-electron chi connectivity index (χ0n) is 14.0. The normalized spacial score (nSPS) is 15.8. The van der Waals surface area contributed by atoms with Crippen molar-refractivity contribution in [3.8, 4) is 0 Å². The van der Waals surface area contributed by atoms with Gasteiger partial charge in [-0.2, -0.15) is 0 Å². The van der Waals surface area contributed by atoms with Crippen LogP contribution >= 0.6 is 0 Å². The van der Waals surface area contributed by atoms with Gasteiger partial charge >= 0.3 is 0 Å². The number of aryl methyl sites for hydroxylation is 1. The van der Waals surface area contributed by atoms with E-state index >= 15 is 0 Å². The fourth-order valence-electron chi connectivity index (χ4n) is 3.19. The SMILES string of the molecule is Cc1ccc(CN2CCN(c3cnc4ccccc4n3)CC2)cc1. The van der Waals surface area contributed by atoms with Crippen LogP contribution in [0.25, 0.3) is 11.0 Å². The van der Waals surface area contributed by atoms with Crippen LogP contribution in [0, 0.1) is 6.92 Å². The van der Waals surface area contributed by atoms with Crippen molar-refractivity contribution in [2.45, 2.75) is 13.5 Å². The molecule has 0 N–H and O–H groups in total. The van der Waals surface area contributed by atoms with Gasteiger partial charge in [0.25, 0.3) is 0 Å². The summed E-state index contributed by atoms with van der Waals surface area (Å²) in [4.78, 5) is 14.1. The van der Waals surface area contributed by atoms with Crippen LogP contribution in [0.4, 0.5) is 5.82 Å². The highest BCUT2D eigenvalue weighted by Gasteiger charge is 2.18. The first kappa shape index (κ1) is 15.1. The molecule has 122 valence electrons. The van der Waals surface area contributed by atoms with Crippen molar-refractivity contribution in [1.29, 1.82) is 0 Å². The molecule has 0 spiro atoms. The Kier molecular flexibility index (Phi) is 4.13. The topological polar surface area (TPSA) is 32.3 Å². The van der Waals surface area contributed by atoms with E-state index < -0.39 is 0 Å². The number of para-hydroxylation sites is 2. The number of fused-ring (bicyclic) bond motifs is 1. The minimum absolute atomic E-state index is 0.958. The Morgan fingerprint density at radius 1 is 0.875 bits per heavy atom. The third-order valence-corrected chi connectivity index (χ3v) is 4.66. The summed E-state index contributed by atoms with van der Waals surface area (Å²) >= 11 is 0. The van der Waals surface area contributed by atoms with Gasteiger partial charge in [-0.15, -0.1) is 0 Å². The second kappa shape index (κ2) is 6.57. The molecule has 24 heavy (non-hydrogen) atoms. The van der Waals surface area contributed by atoms with Gasteiger partial charge in [0.1, 0.15) is 5.82 Å². The number of nitrogens with zero attached hydrogens (tertiary/aromatic N) is 4. The zero-order valence-corrected chi connectivity index (χ0v) is 14.0. The predicted molar refractivity (Wildman–Crippen MR) is 98.2 cm³/mol. The van der Waals surface area contributed by atoms with E-state index in [0.29, 0.717) is 0 Å². The Morgan fingerprint density at radius 3 is 2.33 bits per heavy atom. The second-order valence-electron chi connectivity index (χ2n) is 6.47. The molecule has 0 atom stereocenters. The second-order valence-corrected chi connectivity index (χ2v) is 6.47. The van der Waals surface area contributed by atoms with E-state index in [2.05, 4.69) is 46.0 Å². The van der Waals surface area contributed by atoms with Crippen molar-refractivity contribution in [3.63, 3.8) is 0 Å². The number of hydrogen-bond donors (Lipinski definition) is 0. The minimum atomic E-state index is 0.958. The van der Waals surface area contributed by atoms with Gasteiger partial charge in [-0.25, -0.2) is 4.98 Å². The molecule has 0 unspecified atom stereocenters. The molecule has 2 aromatic carbocycles. The Labute approximate surface area is 142 Å². The van der Waals surface area contributed by atoms with E-state index in [1.807, 2.05) is 30.5 Å². The number of piperazine rings is 1. The van der Waals surface area contributed by atoms with Crippen molar-refractivity contribution in [1.82, 2.24) is 14.9 Å². The number of benzene rings is 2. The monoisotopic (exact) mass is 318 g/mol. The van der Waals surface area contributed by atoms with Crippen molar-refractivity contribution < 1.29 is 0 Å². The molecule has 0 radical (unpaired) electrons. The van der Waals surface area contributed by atoms with Gasteiger partial charge < -0.3 is 4.90 Å². The van der Waals surface area contributed by atoms with Gasteiger partial charge in [0.2, 0.25) is 0 Å². The van der Waals surface area contributed by atoms with Crippen LogP contribution in [-0.4, -0.2) is 41.0 Å². The Morgan fingerprint density at radius 2 is 1.58 bits per heavy atom. The zero-order chi connectivity index (χ0) is 16.4. The third kappa shape index (κ3) is 3.24. The molecule has 0 aliphatic carbocycles. The maximum Gasteiger partial charge on any atom is 0.147 e. The molecule has 2 heterocycles. The maximum absolute atomic E-state index is 4.76. The molecule has 4 nitrogen and oxygen atoms in total. The quantitative estimate of drug-likeness (QED) is 0.742. The van der Waals surface area contributed by atoms with Crippen LogP contribution < -0.4 is 4.90 Å². The van der Waals surface area contributed by atoms with Crippen LogP contribution in [0.5, 0.6) is 0 Å². The van der Waals surface area contributed by atoms with E-state index in [4.69, 9.17) is 4.98 Å². The van der Waals surface area contributed by atoms with Gasteiger partial charge in [0.15, 0.2) is 0 Å². The highest BCUT2D eigenvalue weighted by molar-refractivity contribution is 5.75. The molecule has 3 aromatic rings. The van der Waals surface area contributed by atoms with Crippen molar-refractivity contribution in [2.24, 2.45) is 0 Å². The molecule has 0 saturated carbocycles. The molecule has 1 fully saturated rings. The fraction of sp³-hybridized carbons (Fsp3) is 0.300. The Bertz CT molecular complexity index is 820. The molecule has 0 amide bonds. The summed E-state index contributed by atoms with van der Waals surface area (Å²) in [6, 6.07) is 16.9.